The summed E-state index contributed by atoms with van der Waals surface area (Å²) >= 11 is 0. The molecule has 3 heterocycles. The van der Waals surface area contributed by atoms with Crippen molar-refractivity contribution in [3.05, 3.63) is 24.2 Å². The van der Waals surface area contributed by atoms with Gasteiger partial charge in [-0.15, -0.1) is 0 Å². The number of rotatable bonds is 1. The molecule has 3 aliphatic rings. The van der Waals surface area contributed by atoms with E-state index in [9.17, 15) is 10.5 Å². The van der Waals surface area contributed by atoms with Crippen LogP contribution in [0.1, 0.15) is 18.6 Å². The second-order valence-electron chi connectivity index (χ2n) is 5.68. The molecule has 7 heteroatoms. The second kappa shape index (κ2) is 3.45. The molecule has 1 aromatic rings. The Morgan fingerprint density at radius 3 is 2.76 bits per heavy atom. The summed E-state index contributed by atoms with van der Waals surface area (Å²) in [6.07, 6.45) is 1.32. The standard InChI is InChI=1S/C14H12N4O3/c1-8-5-20-14(21-8)13(7-16)10(9-3-2-4-19-9)12(13,6-15)11(17)18-14/h2-4,8,10H,5H2,1H3,(H2,17,18)/p+1/t8-,10+,12+,13+,14+/m0/s1. The molecule has 5 atom stereocenters. The molecular weight excluding hydrogens is 272 g/mol. The molecule has 106 valence electrons. The summed E-state index contributed by atoms with van der Waals surface area (Å²) in [6.45, 7) is 2.17. The van der Waals surface area contributed by atoms with Crippen LogP contribution in [0.4, 0.5) is 0 Å². The Kier molecular flexibility index (Phi) is 2.04. The van der Waals surface area contributed by atoms with Gasteiger partial charge < -0.3 is 13.9 Å². The molecule has 0 radical (unpaired) electrons. The Bertz CT molecular complexity index is 730. The van der Waals surface area contributed by atoms with E-state index in [2.05, 4.69) is 17.1 Å². The second-order valence-corrected chi connectivity index (χ2v) is 5.68. The van der Waals surface area contributed by atoms with Gasteiger partial charge >= 0.3 is 5.91 Å². The molecule has 1 spiro atoms. The third-order valence-corrected chi connectivity index (χ3v) is 4.72. The van der Waals surface area contributed by atoms with Crippen molar-refractivity contribution in [3.8, 4) is 12.1 Å². The lowest BCUT2D eigenvalue weighted by Crippen LogP contribution is -2.90. The maximum absolute atomic E-state index is 9.85. The van der Waals surface area contributed by atoms with Crippen molar-refractivity contribution < 1.29 is 18.9 Å². The Balaban J connectivity index is 1.94. The van der Waals surface area contributed by atoms with Crippen LogP contribution in [-0.2, 0) is 9.47 Å². The van der Waals surface area contributed by atoms with Crippen molar-refractivity contribution in [2.45, 2.75) is 24.9 Å². The lowest BCUT2D eigenvalue weighted by atomic mass is 9.94. The molecule has 0 amide bonds. The van der Waals surface area contributed by atoms with E-state index in [1.165, 1.54) is 6.26 Å². The van der Waals surface area contributed by atoms with Crippen molar-refractivity contribution in [1.29, 1.82) is 10.5 Å². The van der Waals surface area contributed by atoms with Crippen LogP contribution in [0.3, 0.4) is 0 Å². The quantitative estimate of drug-likeness (QED) is 0.678. The van der Waals surface area contributed by atoms with Crippen LogP contribution in [0.15, 0.2) is 22.8 Å². The number of hydrogen-bond acceptors (Lipinski definition) is 6. The maximum atomic E-state index is 9.85. The van der Waals surface area contributed by atoms with Crippen molar-refractivity contribution in [1.82, 2.24) is 0 Å². The van der Waals surface area contributed by atoms with Crippen LogP contribution in [0.5, 0.6) is 0 Å². The van der Waals surface area contributed by atoms with Gasteiger partial charge in [0.1, 0.15) is 5.76 Å². The van der Waals surface area contributed by atoms with E-state index in [1.54, 1.807) is 12.1 Å². The average Bonchev–Trinajstić information content (AvgIpc) is 2.87. The van der Waals surface area contributed by atoms with Gasteiger partial charge in [-0.25, -0.2) is 4.99 Å². The molecule has 3 N–H and O–H groups in total. The molecule has 1 saturated carbocycles. The zero-order chi connectivity index (χ0) is 14.9. The predicted octanol–water partition coefficient (Wildman–Crippen LogP) is -1.06. The fraction of sp³-hybridized carbons (Fsp3) is 0.500. The Labute approximate surface area is 120 Å². The zero-order valence-electron chi connectivity index (χ0n) is 11.3. The minimum atomic E-state index is -1.39. The largest absolute Gasteiger partial charge is 0.469 e. The van der Waals surface area contributed by atoms with Crippen LogP contribution >= 0.6 is 0 Å². The number of nitriles is 2. The lowest BCUT2D eigenvalue weighted by molar-refractivity contribution is -0.678. The molecule has 21 heavy (non-hydrogen) atoms. The third kappa shape index (κ3) is 1.03. The smallest absolute Gasteiger partial charge is 0.343 e. The topological polar surface area (TPSA) is 119 Å². The number of hydrogen-bond donors (Lipinski definition) is 2. The highest BCUT2D eigenvalue weighted by atomic mass is 16.8. The highest BCUT2D eigenvalue weighted by molar-refractivity contribution is 5.95. The van der Waals surface area contributed by atoms with Gasteiger partial charge in [0, 0.05) is 0 Å². The number of nitrogens with two attached hydrogens (primary N) is 1. The number of ether oxygens (including phenoxy) is 2. The van der Waals surface area contributed by atoms with Crippen LogP contribution in [0.2, 0.25) is 0 Å². The van der Waals surface area contributed by atoms with E-state index >= 15 is 0 Å². The van der Waals surface area contributed by atoms with Gasteiger partial charge in [0.2, 0.25) is 0 Å². The van der Waals surface area contributed by atoms with Crippen LogP contribution in [0, 0.1) is 33.5 Å². The number of nitrogens with one attached hydrogen (secondary N) is 1. The minimum absolute atomic E-state index is 0.192. The lowest BCUT2D eigenvalue weighted by Gasteiger charge is -2.23. The first-order chi connectivity index (χ1) is 10.1. The van der Waals surface area contributed by atoms with E-state index in [4.69, 9.17) is 19.6 Å². The summed E-state index contributed by atoms with van der Waals surface area (Å²) in [5.41, 5.74) is 3.60. The van der Waals surface area contributed by atoms with Crippen molar-refractivity contribution in [3.63, 3.8) is 0 Å². The Hall–Kier alpha value is -2.35. The molecule has 2 aliphatic heterocycles. The monoisotopic (exact) mass is 285 g/mol. The summed E-state index contributed by atoms with van der Waals surface area (Å²) in [7, 11) is 0. The summed E-state index contributed by atoms with van der Waals surface area (Å²) in [5.74, 6) is -1.17. The van der Waals surface area contributed by atoms with Gasteiger partial charge in [-0.2, -0.15) is 10.5 Å². The SMILES string of the molecule is C[C@H]1CO[C@@]2([NH+]=C(N)[C@@]3(C#N)[C@@H](c4ccco4)[C@@]23C#N)O1. The van der Waals surface area contributed by atoms with Crippen molar-refractivity contribution in [2.24, 2.45) is 16.6 Å². The van der Waals surface area contributed by atoms with E-state index in [1.807, 2.05) is 6.92 Å². The van der Waals surface area contributed by atoms with Gasteiger partial charge in [0.15, 0.2) is 10.8 Å². The van der Waals surface area contributed by atoms with Crippen LogP contribution in [0.25, 0.3) is 0 Å². The summed E-state index contributed by atoms with van der Waals surface area (Å²) in [5, 5.41) is 19.6. The summed E-state index contributed by atoms with van der Waals surface area (Å²) < 4.78 is 17.0. The highest BCUT2D eigenvalue weighted by Gasteiger charge is 2.98. The Morgan fingerprint density at radius 2 is 2.24 bits per heavy atom. The molecule has 1 saturated heterocycles. The highest BCUT2D eigenvalue weighted by Crippen LogP contribution is 2.79. The molecule has 4 rings (SSSR count). The first-order valence-electron chi connectivity index (χ1n) is 6.67. The van der Waals surface area contributed by atoms with Crippen molar-refractivity contribution in [2.75, 3.05) is 6.61 Å². The molecule has 2 fully saturated rings. The first kappa shape index (κ1) is 12.4. The summed E-state index contributed by atoms with van der Waals surface area (Å²) in [4.78, 5) is 2.90. The molecule has 7 nitrogen and oxygen atoms in total. The van der Waals surface area contributed by atoms with Crippen LogP contribution < -0.4 is 10.7 Å². The number of fused-ring (bicyclic) bond motifs is 2. The van der Waals surface area contributed by atoms with E-state index in [0.29, 0.717) is 12.4 Å². The Morgan fingerprint density at radius 1 is 1.43 bits per heavy atom. The van der Waals surface area contributed by atoms with Crippen molar-refractivity contribution >= 4 is 5.84 Å². The number of furan rings is 1. The van der Waals surface area contributed by atoms with Gasteiger partial charge in [0.25, 0.3) is 5.84 Å². The van der Waals surface area contributed by atoms with Gasteiger partial charge in [-0.1, -0.05) is 0 Å². The zero-order valence-corrected chi connectivity index (χ0v) is 11.3. The molecule has 0 aromatic carbocycles. The average molecular weight is 285 g/mol. The molecule has 0 unspecified atom stereocenters. The van der Waals surface area contributed by atoms with Gasteiger partial charge in [-0.05, 0) is 19.1 Å². The normalized spacial score (nSPS) is 46.7. The fourth-order valence-corrected chi connectivity index (χ4v) is 3.85. The van der Waals surface area contributed by atoms with E-state index in [0.717, 1.165) is 0 Å². The number of amidine groups is 1. The van der Waals surface area contributed by atoms with Crippen LogP contribution in [-0.4, -0.2) is 24.5 Å². The third-order valence-electron chi connectivity index (χ3n) is 4.72. The molecule has 0 bridgehead atoms. The minimum Gasteiger partial charge on any atom is -0.469 e. The van der Waals surface area contributed by atoms with Gasteiger partial charge in [-0.3, -0.25) is 5.73 Å². The molecular formula is C14H13N4O3+. The summed E-state index contributed by atoms with van der Waals surface area (Å²) in [6, 6.07) is 7.88. The molecule has 1 aromatic heterocycles. The maximum Gasteiger partial charge on any atom is 0.343 e. The van der Waals surface area contributed by atoms with E-state index < -0.39 is 22.7 Å². The first-order valence-corrected chi connectivity index (χ1v) is 6.67. The number of nitrogens with zero attached hydrogens (tertiary/aromatic N) is 2. The van der Waals surface area contributed by atoms with E-state index in [-0.39, 0.29) is 11.9 Å². The van der Waals surface area contributed by atoms with Gasteiger partial charge in [0.05, 0.1) is 37.0 Å². The molecule has 1 aliphatic carbocycles. The predicted molar refractivity (Wildman–Crippen MR) is 66.9 cm³/mol. The fourth-order valence-electron chi connectivity index (χ4n) is 3.85.